The SMILES string of the molecule is FC(F)(F)Oc1ccc2c(c1)C1OCCC1C(c1ccc(Cl)cc1Cl)N2. The Labute approximate surface area is 158 Å². The first-order valence-corrected chi connectivity index (χ1v) is 8.80. The van der Waals surface area contributed by atoms with Crippen LogP contribution in [-0.2, 0) is 4.74 Å². The highest BCUT2D eigenvalue weighted by Crippen LogP contribution is 2.51. The summed E-state index contributed by atoms with van der Waals surface area (Å²) in [7, 11) is 0. The normalized spacial score (nSPS) is 24.6. The Kier molecular flexibility index (Phi) is 4.45. The average Bonchev–Trinajstić information content (AvgIpc) is 3.03. The molecular weight excluding hydrogens is 390 g/mol. The lowest BCUT2D eigenvalue weighted by atomic mass is 9.81. The lowest BCUT2D eigenvalue weighted by Crippen LogP contribution is -2.29. The van der Waals surface area contributed by atoms with Gasteiger partial charge in [-0.25, -0.2) is 0 Å². The molecule has 3 atom stereocenters. The molecule has 2 aliphatic heterocycles. The van der Waals surface area contributed by atoms with Crippen LogP contribution in [0.5, 0.6) is 5.75 Å². The maximum absolute atomic E-state index is 12.5. The van der Waals surface area contributed by atoms with Gasteiger partial charge in [0.25, 0.3) is 0 Å². The molecule has 0 aromatic heterocycles. The summed E-state index contributed by atoms with van der Waals surface area (Å²) in [6.07, 6.45) is -4.28. The zero-order chi connectivity index (χ0) is 18.5. The van der Waals surface area contributed by atoms with Crippen molar-refractivity contribution in [2.24, 2.45) is 5.92 Å². The Morgan fingerprint density at radius 2 is 1.88 bits per heavy atom. The van der Waals surface area contributed by atoms with E-state index >= 15 is 0 Å². The fourth-order valence-corrected chi connectivity index (χ4v) is 4.24. The number of benzene rings is 2. The number of anilines is 1. The smallest absolute Gasteiger partial charge is 0.406 e. The monoisotopic (exact) mass is 403 g/mol. The van der Waals surface area contributed by atoms with E-state index in [1.807, 2.05) is 6.07 Å². The van der Waals surface area contributed by atoms with Gasteiger partial charge in [-0.2, -0.15) is 0 Å². The van der Waals surface area contributed by atoms with Crippen LogP contribution in [0.2, 0.25) is 10.0 Å². The lowest BCUT2D eigenvalue weighted by molar-refractivity contribution is -0.274. The predicted molar refractivity (Wildman–Crippen MR) is 92.8 cm³/mol. The highest BCUT2D eigenvalue weighted by atomic mass is 35.5. The third kappa shape index (κ3) is 3.33. The minimum atomic E-state index is -4.73. The van der Waals surface area contributed by atoms with Gasteiger partial charge in [0.05, 0.1) is 12.1 Å². The van der Waals surface area contributed by atoms with E-state index in [0.29, 0.717) is 27.9 Å². The van der Waals surface area contributed by atoms with Gasteiger partial charge in [-0.15, -0.1) is 13.2 Å². The standard InChI is InChI=1S/C18H14Cl2F3NO2/c19-9-1-3-11(14(20)7-9)16-12-5-6-25-17(12)13-8-10(26-18(21,22)23)2-4-15(13)24-16/h1-4,7-8,12,16-17,24H,5-6H2. The lowest BCUT2D eigenvalue weighted by Gasteiger charge is -2.37. The predicted octanol–water partition coefficient (Wildman–Crippen LogP) is 6.14. The average molecular weight is 404 g/mol. The van der Waals surface area contributed by atoms with E-state index in [-0.39, 0.29) is 23.8 Å². The van der Waals surface area contributed by atoms with E-state index < -0.39 is 6.36 Å². The molecule has 2 aromatic rings. The summed E-state index contributed by atoms with van der Waals surface area (Å²) in [5, 5.41) is 4.48. The maximum atomic E-state index is 12.5. The maximum Gasteiger partial charge on any atom is 0.573 e. The molecule has 0 bridgehead atoms. The minimum absolute atomic E-state index is 0.0438. The quantitative estimate of drug-likeness (QED) is 0.653. The van der Waals surface area contributed by atoms with Crippen molar-refractivity contribution in [3.63, 3.8) is 0 Å². The van der Waals surface area contributed by atoms with Crippen LogP contribution in [0.25, 0.3) is 0 Å². The Morgan fingerprint density at radius 3 is 2.62 bits per heavy atom. The third-order valence-corrected chi connectivity index (χ3v) is 5.30. The Balaban J connectivity index is 1.71. The summed E-state index contributed by atoms with van der Waals surface area (Å²) in [6.45, 7) is 0.530. The fraction of sp³-hybridized carbons (Fsp3) is 0.333. The van der Waals surface area contributed by atoms with Crippen molar-refractivity contribution in [2.45, 2.75) is 24.9 Å². The Hall–Kier alpha value is -1.63. The van der Waals surface area contributed by atoms with Crippen LogP contribution in [0.3, 0.4) is 0 Å². The summed E-state index contributed by atoms with van der Waals surface area (Å²) >= 11 is 12.4. The molecule has 4 rings (SSSR count). The molecule has 138 valence electrons. The summed E-state index contributed by atoms with van der Waals surface area (Å²) in [5.41, 5.74) is 2.26. The van der Waals surface area contributed by atoms with Crippen LogP contribution in [0.4, 0.5) is 18.9 Å². The van der Waals surface area contributed by atoms with Crippen molar-refractivity contribution >= 4 is 28.9 Å². The topological polar surface area (TPSA) is 30.5 Å². The van der Waals surface area contributed by atoms with E-state index in [9.17, 15) is 13.2 Å². The highest BCUT2D eigenvalue weighted by Gasteiger charge is 2.42. The highest BCUT2D eigenvalue weighted by molar-refractivity contribution is 6.35. The van der Waals surface area contributed by atoms with E-state index in [2.05, 4.69) is 10.1 Å². The largest absolute Gasteiger partial charge is 0.573 e. The number of hydrogen-bond donors (Lipinski definition) is 1. The van der Waals surface area contributed by atoms with Gasteiger partial charge >= 0.3 is 6.36 Å². The van der Waals surface area contributed by atoms with Gasteiger partial charge in [0.1, 0.15) is 5.75 Å². The van der Waals surface area contributed by atoms with E-state index in [0.717, 1.165) is 12.0 Å². The molecule has 26 heavy (non-hydrogen) atoms. The van der Waals surface area contributed by atoms with E-state index in [1.54, 1.807) is 18.2 Å². The summed E-state index contributed by atoms with van der Waals surface area (Å²) in [5.74, 6) is -0.211. The van der Waals surface area contributed by atoms with Gasteiger partial charge in [0.15, 0.2) is 0 Å². The van der Waals surface area contributed by atoms with Crippen molar-refractivity contribution in [1.82, 2.24) is 0 Å². The molecule has 1 fully saturated rings. The Morgan fingerprint density at radius 1 is 1.08 bits per heavy atom. The molecule has 2 aliphatic rings. The fourth-order valence-electron chi connectivity index (χ4n) is 3.71. The van der Waals surface area contributed by atoms with Gasteiger partial charge < -0.3 is 14.8 Å². The van der Waals surface area contributed by atoms with E-state index in [4.69, 9.17) is 27.9 Å². The van der Waals surface area contributed by atoms with E-state index in [1.165, 1.54) is 12.1 Å². The first-order valence-electron chi connectivity index (χ1n) is 8.04. The van der Waals surface area contributed by atoms with Gasteiger partial charge in [0, 0.05) is 33.8 Å². The zero-order valence-corrected chi connectivity index (χ0v) is 14.8. The molecule has 0 aliphatic carbocycles. The molecule has 0 amide bonds. The number of fused-ring (bicyclic) bond motifs is 3. The van der Waals surface area contributed by atoms with Crippen molar-refractivity contribution in [3.05, 3.63) is 57.6 Å². The van der Waals surface area contributed by atoms with Gasteiger partial charge in [-0.05, 0) is 42.3 Å². The van der Waals surface area contributed by atoms with Crippen molar-refractivity contribution in [2.75, 3.05) is 11.9 Å². The first-order chi connectivity index (χ1) is 12.3. The second kappa shape index (κ2) is 6.51. The second-order valence-electron chi connectivity index (χ2n) is 6.33. The molecule has 3 nitrogen and oxygen atoms in total. The first kappa shape index (κ1) is 17.8. The second-order valence-corrected chi connectivity index (χ2v) is 7.17. The Bertz CT molecular complexity index is 844. The molecule has 8 heteroatoms. The van der Waals surface area contributed by atoms with Gasteiger partial charge in [-0.1, -0.05) is 29.3 Å². The minimum Gasteiger partial charge on any atom is -0.406 e. The van der Waals surface area contributed by atoms with Crippen molar-refractivity contribution < 1.29 is 22.6 Å². The van der Waals surface area contributed by atoms with Crippen LogP contribution >= 0.6 is 23.2 Å². The summed E-state index contributed by atoms with van der Waals surface area (Å²) in [6, 6.07) is 9.45. The number of halogens is 5. The molecular formula is C18H14Cl2F3NO2. The molecule has 2 heterocycles. The van der Waals surface area contributed by atoms with Crippen LogP contribution in [-0.4, -0.2) is 13.0 Å². The molecule has 0 saturated carbocycles. The molecule has 0 spiro atoms. The van der Waals surface area contributed by atoms with Crippen molar-refractivity contribution in [1.29, 1.82) is 0 Å². The molecule has 2 aromatic carbocycles. The van der Waals surface area contributed by atoms with Crippen LogP contribution < -0.4 is 10.1 Å². The van der Waals surface area contributed by atoms with Crippen molar-refractivity contribution in [3.8, 4) is 5.75 Å². The van der Waals surface area contributed by atoms with Crippen LogP contribution in [0.15, 0.2) is 36.4 Å². The van der Waals surface area contributed by atoms with Crippen LogP contribution in [0.1, 0.15) is 29.7 Å². The summed E-state index contributed by atoms with van der Waals surface area (Å²) in [4.78, 5) is 0. The molecule has 0 radical (unpaired) electrons. The van der Waals surface area contributed by atoms with Gasteiger partial charge in [0.2, 0.25) is 0 Å². The summed E-state index contributed by atoms with van der Waals surface area (Å²) < 4.78 is 47.4. The number of hydrogen-bond acceptors (Lipinski definition) is 3. The van der Waals surface area contributed by atoms with Crippen LogP contribution in [0, 0.1) is 5.92 Å². The molecule has 3 unspecified atom stereocenters. The zero-order valence-electron chi connectivity index (χ0n) is 13.3. The third-order valence-electron chi connectivity index (χ3n) is 4.74. The number of nitrogens with one attached hydrogen (secondary N) is 1. The van der Waals surface area contributed by atoms with Gasteiger partial charge in [-0.3, -0.25) is 0 Å². The number of alkyl halides is 3. The molecule has 1 saturated heterocycles. The number of rotatable bonds is 2. The number of ether oxygens (including phenoxy) is 2. The molecule has 1 N–H and O–H groups in total.